The lowest BCUT2D eigenvalue weighted by atomic mass is 10.1. The lowest BCUT2D eigenvalue weighted by Gasteiger charge is -2.17. The van der Waals surface area contributed by atoms with Gasteiger partial charge in [-0.1, -0.05) is 6.92 Å². The molecule has 1 N–H and O–H groups in total. The van der Waals surface area contributed by atoms with Gasteiger partial charge < -0.3 is 5.32 Å². The van der Waals surface area contributed by atoms with Crippen LogP contribution in [0, 0.1) is 6.92 Å². The van der Waals surface area contributed by atoms with E-state index in [1.165, 1.54) is 5.69 Å². The highest BCUT2D eigenvalue weighted by atomic mass is 79.9. The van der Waals surface area contributed by atoms with Crippen LogP contribution >= 0.6 is 27.3 Å². The number of halogens is 1. The van der Waals surface area contributed by atoms with Crippen molar-refractivity contribution in [3.05, 3.63) is 32.4 Å². The molecule has 6 heteroatoms. The van der Waals surface area contributed by atoms with Gasteiger partial charge in [0.1, 0.15) is 0 Å². The summed E-state index contributed by atoms with van der Waals surface area (Å²) >= 11 is 5.32. The molecule has 0 aliphatic carbocycles. The van der Waals surface area contributed by atoms with E-state index in [0.29, 0.717) is 0 Å². The summed E-state index contributed by atoms with van der Waals surface area (Å²) in [5.74, 6) is 0. The Morgan fingerprint density at radius 1 is 1.45 bits per heavy atom. The standard InChI is InChI=1S/C14H21BrN4S/c1-4-6-16-11(12-8-20-9-17-12)7-13-14(15)10(3)18-19(13)5-2/h8-9,11,16H,4-7H2,1-3H3. The Labute approximate surface area is 132 Å². The van der Waals surface area contributed by atoms with Crippen LogP contribution in [0.3, 0.4) is 0 Å². The first-order valence-corrected chi connectivity index (χ1v) is 8.74. The summed E-state index contributed by atoms with van der Waals surface area (Å²) in [5.41, 5.74) is 5.31. The van der Waals surface area contributed by atoms with Gasteiger partial charge in [-0.3, -0.25) is 4.68 Å². The number of hydrogen-bond donors (Lipinski definition) is 1. The Kier molecular flexibility index (Phi) is 5.74. The summed E-state index contributed by atoms with van der Waals surface area (Å²) in [4.78, 5) is 4.47. The number of aryl methyl sites for hydroxylation is 2. The zero-order chi connectivity index (χ0) is 14.5. The van der Waals surface area contributed by atoms with Crippen molar-refractivity contribution >= 4 is 27.3 Å². The average Bonchev–Trinajstić information content (AvgIpc) is 3.06. The first-order chi connectivity index (χ1) is 9.67. The van der Waals surface area contributed by atoms with Crippen LogP contribution in [0.5, 0.6) is 0 Å². The van der Waals surface area contributed by atoms with Crippen molar-refractivity contribution in [1.82, 2.24) is 20.1 Å². The van der Waals surface area contributed by atoms with E-state index in [-0.39, 0.29) is 6.04 Å². The van der Waals surface area contributed by atoms with Crippen molar-refractivity contribution in [2.24, 2.45) is 0 Å². The van der Waals surface area contributed by atoms with Crippen LogP contribution in [-0.4, -0.2) is 21.3 Å². The molecule has 0 saturated heterocycles. The molecule has 1 unspecified atom stereocenters. The molecule has 0 saturated carbocycles. The van der Waals surface area contributed by atoms with E-state index >= 15 is 0 Å². The topological polar surface area (TPSA) is 42.7 Å². The monoisotopic (exact) mass is 356 g/mol. The molecule has 0 amide bonds. The molecule has 0 spiro atoms. The summed E-state index contributed by atoms with van der Waals surface area (Å²) in [6.45, 7) is 8.23. The third kappa shape index (κ3) is 3.48. The first kappa shape index (κ1) is 15.7. The van der Waals surface area contributed by atoms with Gasteiger partial charge in [0.15, 0.2) is 0 Å². The van der Waals surface area contributed by atoms with Gasteiger partial charge in [0.05, 0.1) is 33.1 Å². The van der Waals surface area contributed by atoms with E-state index in [4.69, 9.17) is 0 Å². The zero-order valence-electron chi connectivity index (χ0n) is 12.2. The van der Waals surface area contributed by atoms with Crippen LogP contribution in [0.1, 0.15) is 43.4 Å². The van der Waals surface area contributed by atoms with Crippen LogP contribution in [0.25, 0.3) is 0 Å². The number of nitrogens with zero attached hydrogens (tertiary/aromatic N) is 3. The molecule has 0 fully saturated rings. The minimum atomic E-state index is 0.249. The molecule has 0 bridgehead atoms. The Hall–Kier alpha value is -0.720. The number of rotatable bonds is 7. The molecule has 4 nitrogen and oxygen atoms in total. The molecule has 0 aromatic carbocycles. The summed E-state index contributed by atoms with van der Waals surface area (Å²) in [6.07, 6.45) is 2.02. The highest BCUT2D eigenvalue weighted by Crippen LogP contribution is 2.26. The van der Waals surface area contributed by atoms with E-state index in [2.05, 4.69) is 55.2 Å². The Morgan fingerprint density at radius 3 is 2.85 bits per heavy atom. The molecule has 2 rings (SSSR count). The molecule has 20 heavy (non-hydrogen) atoms. The van der Waals surface area contributed by atoms with Crippen molar-refractivity contribution in [1.29, 1.82) is 0 Å². The molecule has 0 aliphatic rings. The van der Waals surface area contributed by atoms with Gasteiger partial charge in [-0.15, -0.1) is 11.3 Å². The molecule has 0 aliphatic heterocycles. The molecule has 1 atom stereocenters. The highest BCUT2D eigenvalue weighted by Gasteiger charge is 2.19. The smallest absolute Gasteiger partial charge is 0.0795 e. The predicted octanol–water partition coefficient (Wildman–Crippen LogP) is 3.71. The van der Waals surface area contributed by atoms with E-state index in [0.717, 1.165) is 41.8 Å². The second-order valence-corrected chi connectivity index (χ2v) is 6.30. The van der Waals surface area contributed by atoms with Crippen molar-refractivity contribution < 1.29 is 0 Å². The van der Waals surface area contributed by atoms with Crippen molar-refractivity contribution in [3.8, 4) is 0 Å². The van der Waals surface area contributed by atoms with Crippen LogP contribution in [0.4, 0.5) is 0 Å². The maximum Gasteiger partial charge on any atom is 0.0795 e. The Balaban J connectivity index is 2.23. The van der Waals surface area contributed by atoms with Gasteiger partial charge in [-0.25, -0.2) is 4.98 Å². The second-order valence-electron chi connectivity index (χ2n) is 4.79. The van der Waals surface area contributed by atoms with E-state index < -0.39 is 0 Å². The fourth-order valence-corrected chi connectivity index (χ4v) is 3.31. The van der Waals surface area contributed by atoms with Crippen molar-refractivity contribution in [3.63, 3.8) is 0 Å². The van der Waals surface area contributed by atoms with Crippen LogP contribution in [0.2, 0.25) is 0 Å². The van der Waals surface area contributed by atoms with Crippen LogP contribution < -0.4 is 5.32 Å². The largest absolute Gasteiger partial charge is 0.308 e. The Bertz CT molecular complexity index is 536. The van der Waals surface area contributed by atoms with Gasteiger partial charge in [0.25, 0.3) is 0 Å². The van der Waals surface area contributed by atoms with Gasteiger partial charge in [0, 0.05) is 18.3 Å². The molecule has 0 radical (unpaired) electrons. The lowest BCUT2D eigenvalue weighted by Crippen LogP contribution is -2.25. The van der Waals surface area contributed by atoms with Gasteiger partial charge >= 0.3 is 0 Å². The second kappa shape index (κ2) is 7.33. The molecule has 2 aromatic heterocycles. The summed E-state index contributed by atoms with van der Waals surface area (Å²) in [5, 5.41) is 10.3. The fraction of sp³-hybridized carbons (Fsp3) is 0.571. The number of thiazole rings is 1. The van der Waals surface area contributed by atoms with E-state index in [1.807, 2.05) is 12.4 Å². The fourth-order valence-electron chi connectivity index (χ4n) is 2.25. The number of hydrogen-bond acceptors (Lipinski definition) is 4. The zero-order valence-corrected chi connectivity index (χ0v) is 14.6. The average molecular weight is 357 g/mol. The quantitative estimate of drug-likeness (QED) is 0.821. The van der Waals surface area contributed by atoms with Gasteiger partial charge in [0.2, 0.25) is 0 Å². The molecule has 2 aromatic rings. The molecule has 2 heterocycles. The lowest BCUT2D eigenvalue weighted by molar-refractivity contribution is 0.494. The number of aromatic nitrogens is 3. The number of nitrogens with one attached hydrogen (secondary N) is 1. The summed E-state index contributed by atoms with van der Waals surface area (Å²) in [6, 6.07) is 0.249. The van der Waals surface area contributed by atoms with Gasteiger partial charge in [-0.2, -0.15) is 5.10 Å². The maximum atomic E-state index is 4.57. The predicted molar refractivity (Wildman–Crippen MR) is 87.2 cm³/mol. The molecular weight excluding hydrogens is 336 g/mol. The third-order valence-corrected chi connectivity index (χ3v) is 4.94. The summed E-state index contributed by atoms with van der Waals surface area (Å²) < 4.78 is 3.20. The van der Waals surface area contributed by atoms with Crippen LogP contribution in [-0.2, 0) is 13.0 Å². The third-order valence-electron chi connectivity index (χ3n) is 3.30. The normalized spacial score (nSPS) is 12.8. The minimum absolute atomic E-state index is 0.249. The van der Waals surface area contributed by atoms with Gasteiger partial charge in [-0.05, 0) is 42.7 Å². The first-order valence-electron chi connectivity index (χ1n) is 7.00. The van der Waals surface area contributed by atoms with E-state index in [9.17, 15) is 0 Å². The minimum Gasteiger partial charge on any atom is -0.308 e. The molecule has 110 valence electrons. The Morgan fingerprint density at radius 2 is 2.25 bits per heavy atom. The van der Waals surface area contributed by atoms with E-state index in [1.54, 1.807) is 11.3 Å². The maximum absolute atomic E-state index is 4.57. The summed E-state index contributed by atoms with van der Waals surface area (Å²) in [7, 11) is 0. The highest BCUT2D eigenvalue weighted by molar-refractivity contribution is 9.10. The van der Waals surface area contributed by atoms with Crippen LogP contribution in [0.15, 0.2) is 15.4 Å². The van der Waals surface area contributed by atoms with Crippen molar-refractivity contribution in [2.75, 3.05) is 6.54 Å². The van der Waals surface area contributed by atoms with Crippen molar-refractivity contribution in [2.45, 2.75) is 46.2 Å². The SMILES string of the molecule is CCCNC(Cc1c(Br)c(C)nn1CC)c1cscn1. The molecular formula is C14H21BrN4S.